The number of hydrogen-bond acceptors (Lipinski definition) is 30. The van der Waals surface area contributed by atoms with E-state index in [0.29, 0.717) is 208 Å². The first-order valence-electron chi connectivity index (χ1n) is 46.1. The molecule has 0 radical (unpaired) electrons. The second kappa shape index (κ2) is 56.2. The highest BCUT2D eigenvalue weighted by atomic mass is 32.1. The average molecular weight is 2070 g/mol. The molecule has 4 saturated heterocycles. The number of aliphatic hydroxyl groups is 2. The van der Waals surface area contributed by atoms with Gasteiger partial charge in [-0.1, -0.05) is 19.6 Å². The molecule has 0 spiro atoms. The molecule has 2 unspecified atom stereocenters. The van der Waals surface area contributed by atoms with Gasteiger partial charge in [-0.25, -0.2) is 22.4 Å². The predicted octanol–water partition coefficient (Wildman–Crippen LogP) is 4.13. The number of hydrogen-bond donors (Lipinski definition) is 11. The van der Waals surface area contributed by atoms with Crippen molar-refractivity contribution in [1.82, 2.24) is 51.3 Å². The van der Waals surface area contributed by atoms with Crippen molar-refractivity contribution in [2.24, 2.45) is 0 Å². The smallest absolute Gasteiger partial charge is 0.352 e. The number of carbonyl (C=O) groups excluding carboxylic acids is 13. The number of imide groups is 4. The number of piperidine rings is 2. The van der Waals surface area contributed by atoms with E-state index >= 15 is 0 Å². The Balaban J connectivity index is 0.000000263. The average Bonchev–Trinajstić information content (AvgIpc) is 1.60. The van der Waals surface area contributed by atoms with Gasteiger partial charge >= 0.3 is 5.97 Å². The van der Waals surface area contributed by atoms with Crippen molar-refractivity contribution >= 4 is 147 Å². The number of H-pyrrole nitrogens is 2. The molecule has 13 amide bonds. The summed E-state index contributed by atoms with van der Waals surface area (Å²) in [6, 6.07) is 26.3. The van der Waals surface area contributed by atoms with Crippen molar-refractivity contribution in [2.75, 3.05) is 219 Å². The van der Waals surface area contributed by atoms with Crippen LogP contribution in [0.5, 0.6) is 0 Å². The molecule has 6 aliphatic heterocycles. The molecule has 4 atom stereocenters. The summed E-state index contributed by atoms with van der Waals surface area (Å²) in [4.78, 5) is 200. The molecule has 6 aromatic carbocycles. The molecule has 8 heterocycles. The van der Waals surface area contributed by atoms with Crippen LogP contribution < -0.4 is 46.2 Å². The molecule has 0 bridgehead atoms. The van der Waals surface area contributed by atoms with Crippen LogP contribution >= 0.6 is 13.5 Å². The van der Waals surface area contributed by atoms with Gasteiger partial charge in [-0.2, -0.15) is 13.5 Å². The van der Waals surface area contributed by atoms with Gasteiger partial charge in [-0.15, -0.1) is 0 Å². The number of anilines is 4. The Morgan fingerprint density at radius 1 is 0.459 bits per heavy atom. The number of carboxylic acid groups (broad SMARTS) is 2. The molecule has 0 aliphatic carbocycles. The molecule has 0 saturated carbocycles. The maximum absolute atomic E-state index is 13.6. The second-order valence-electron chi connectivity index (χ2n) is 33.5. The van der Waals surface area contributed by atoms with Gasteiger partial charge in [0.05, 0.1) is 166 Å². The number of rotatable bonds is 50. The molecule has 11 N–H and O–H groups in total. The Labute approximate surface area is 842 Å². The van der Waals surface area contributed by atoms with Crippen LogP contribution in [0.4, 0.5) is 40.3 Å². The zero-order chi connectivity index (χ0) is 104. The number of likely N-dealkylation sites (N-methyl/N-ethyl adjacent to an activating group) is 4. The largest absolute Gasteiger partial charge is 0.483 e. The lowest BCUT2D eigenvalue weighted by Crippen LogP contribution is -2.54. The van der Waals surface area contributed by atoms with E-state index in [2.05, 4.69) is 36.6 Å². The molecule has 43 nitrogen and oxygen atoms in total. The van der Waals surface area contributed by atoms with Gasteiger partial charge in [0.1, 0.15) is 46.7 Å². The summed E-state index contributed by atoms with van der Waals surface area (Å²) in [6.45, 7) is 9.50. The van der Waals surface area contributed by atoms with Crippen LogP contribution in [0.1, 0.15) is 119 Å². The number of carbonyl (C=O) groups is 15. The number of amides is 13. The quantitative estimate of drug-likeness (QED) is 0.00839. The summed E-state index contributed by atoms with van der Waals surface area (Å²) in [5.74, 6) is -12.6. The van der Waals surface area contributed by atoms with Gasteiger partial charge in [0.2, 0.25) is 34.8 Å². The van der Waals surface area contributed by atoms with Crippen LogP contribution in [0.2, 0.25) is 0 Å². The first-order chi connectivity index (χ1) is 69.2. The molecular formula is C98H120F4N14O29S. The fourth-order valence-corrected chi connectivity index (χ4v) is 16.1. The van der Waals surface area contributed by atoms with Crippen molar-refractivity contribution in [2.45, 2.75) is 82.3 Å². The minimum absolute atomic E-state index is 0. The number of nitrogens with zero attached hydrogens (tertiary/aromatic N) is 7. The molecular weight excluding hydrogens is 1950 g/mol. The summed E-state index contributed by atoms with van der Waals surface area (Å²) < 4.78 is 109. The lowest BCUT2D eigenvalue weighted by Gasteiger charge is -2.28. The van der Waals surface area contributed by atoms with E-state index in [0.717, 1.165) is 40.6 Å². The number of aromatic carboxylic acids is 1. The minimum atomic E-state index is -2.37. The zero-order valence-corrected chi connectivity index (χ0v) is 81.0. The van der Waals surface area contributed by atoms with Crippen LogP contribution in [0.3, 0.4) is 0 Å². The van der Waals surface area contributed by atoms with E-state index < -0.39 is 123 Å². The number of benzene rings is 6. The van der Waals surface area contributed by atoms with E-state index in [-0.39, 0.29) is 144 Å². The molecule has 790 valence electrons. The number of ether oxygens (including phenoxy) is 10. The molecule has 2 aromatic heterocycles. The fourth-order valence-electron chi connectivity index (χ4n) is 16.1. The number of halogens is 4. The summed E-state index contributed by atoms with van der Waals surface area (Å²) in [6.07, 6.45) is -0.0605. The van der Waals surface area contributed by atoms with Crippen LogP contribution in [-0.2, 0) is 104 Å². The summed E-state index contributed by atoms with van der Waals surface area (Å²) >= 11 is 0. The molecule has 146 heavy (non-hydrogen) atoms. The second-order valence-corrected chi connectivity index (χ2v) is 33.5. The van der Waals surface area contributed by atoms with Gasteiger partial charge in [-0.3, -0.25) is 87.6 Å². The maximum Gasteiger partial charge on any atom is 0.352 e. The zero-order valence-electron chi connectivity index (χ0n) is 80.0. The van der Waals surface area contributed by atoms with E-state index in [1.54, 1.807) is 105 Å². The van der Waals surface area contributed by atoms with Gasteiger partial charge < -0.3 is 118 Å². The van der Waals surface area contributed by atoms with Crippen LogP contribution in [-0.4, -0.2) is 357 Å². The lowest BCUT2D eigenvalue weighted by molar-refractivity contribution is -0.150. The number of carboxylic acids is 1. The van der Waals surface area contributed by atoms with E-state index in [4.69, 9.17) is 62.4 Å². The third kappa shape index (κ3) is 30.5. The first kappa shape index (κ1) is 116. The maximum atomic E-state index is 13.6. The van der Waals surface area contributed by atoms with E-state index in [9.17, 15) is 94.9 Å². The summed E-state index contributed by atoms with van der Waals surface area (Å²) in [5.41, 5.74) is -0.0864. The Bertz CT molecular complexity index is 5920. The lowest BCUT2D eigenvalue weighted by atomic mass is 10.0. The third-order valence-electron chi connectivity index (χ3n) is 23.6. The van der Waals surface area contributed by atoms with Gasteiger partial charge in [0, 0.05) is 144 Å². The number of aromatic nitrogens is 2. The van der Waals surface area contributed by atoms with Gasteiger partial charge in [-0.05, 0) is 128 Å². The molecule has 6 aliphatic rings. The first-order valence-corrected chi connectivity index (χ1v) is 46.1. The Morgan fingerprint density at radius 3 is 1.14 bits per heavy atom. The predicted molar refractivity (Wildman–Crippen MR) is 521 cm³/mol. The van der Waals surface area contributed by atoms with Crippen LogP contribution in [0, 0.1) is 23.3 Å². The van der Waals surface area contributed by atoms with Crippen LogP contribution in [0.15, 0.2) is 121 Å². The van der Waals surface area contributed by atoms with Crippen molar-refractivity contribution in [3.8, 4) is 0 Å². The number of fused-ring (bicyclic) bond motifs is 4. The minimum Gasteiger partial charge on any atom is -0.483 e. The monoisotopic (exact) mass is 2060 g/mol. The molecule has 8 aromatic rings. The Kier molecular flexibility index (Phi) is 44.6. The van der Waals surface area contributed by atoms with Crippen LogP contribution in [0.25, 0.3) is 21.8 Å². The summed E-state index contributed by atoms with van der Waals surface area (Å²) in [5, 5.41) is 51.0. The highest BCUT2D eigenvalue weighted by Crippen LogP contribution is 2.38. The third-order valence-corrected chi connectivity index (χ3v) is 23.6. The normalized spacial score (nSPS) is 17.3. The standard InChI is InChI=1S/C48H55F2N7O13.C27H40N4O9.C21H17F2N3O5.CH2O2.CH4.H2S/c1-54(38-5-3-4-35-41(38)45(62)57(43(35)60)39-8-9-40(58)53-42(39)59)12-14-66-16-18-68-20-22-70-23-21-69-19-17-67-15-13-55(2)44(61)37-27-31-26-34(6-7-36(31)52-37)56-11-10-48(65,47(56)64)46(63)51-29-30-24-32(49)28-33(50)25-30;1-28-8-10-36-12-14-38-16-18-40-19-17-39-15-13-37-11-9-30(2)21-5-3-4-20-24(21)27(35)31(26(20)34)22-6-7-23(32)29-25(22)33;22-13-5-11(6-14(23)9-13)10-24-19(29)21(31)3-4-26(20(21)30)15-1-2-16-12(7-15)8-17(25-16)18(27)28;2-1-3;;/h3-7,24-28,39,52,65H,8-23,29H2,1-2H3,(H,51,63)(H,53,58,59);3-5,22,28H,6-19H2,1-2H3,(H,29,32,33);1-2,5-9,25,31H,3-4,10H2,(H,24,29)(H,27,28);1H,(H,2,3);1H4;1H2/t39?,48-;;21-;;;/m0.0.../s1. The van der Waals surface area contributed by atoms with Gasteiger partial charge in [0.25, 0.3) is 59.6 Å². The highest BCUT2D eigenvalue weighted by molar-refractivity contribution is 7.59. The Hall–Kier alpha value is -13.6. The number of nitrogens with one attached hydrogen (secondary N) is 7. The fraction of sp³-hybridized carbons (Fsp3) is 0.439. The van der Waals surface area contributed by atoms with Gasteiger partial charge in [0.15, 0.2) is 0 Å². The van der Waals surface area contributed by atoms with E-state index in [1.807, 2.05) is 11.9 Å². The van der Waals surface area contributed by atoms with E-state index in [1.165, 1.54) is 20.8 Å². The van der Waals surface area contributed by atoms with Crippen molar-refractivity contribution in [1.29, 1.82) is 0 Å². The molecule has 14 rings (SSSR count). The highest BCUT2D eigenvalue weighted by Gasteiger charge is 2.54. The summed E-state index contributed by atoms with van der Waals surface area (Å²) in [7, 11) is 7.10. The molecule has 48 heteroatoms. The Morgan fingerprint density at radius 2 is 0.795 bits per heavy atom. The molecule has 4 fully saturated rings. The SMILES string of the molecule is C.CN(CCOCCOCCOCCOCCOCCN(C)c1cccc2c1C(=O)N(C1CCC(=O)NC1=O)C2=O)C(=O)c1cc2cc(N3CC[C@](O)(C(=O)NCc4cc(F)cc(F)c4)C3=O)ccc2[nH]1.CNCCOCCOCCOCCOCCOCCN(C)c1cccc2c1C(=O)N(C1CCC(=O)NC1=O)C2=O.O=C(O)c1cc2cc(N3CC[C@](O)(C(=O)NCc4cc(F)cc(F)c4)C3=O)ccc2[nH]1.O=CO.S. The topological polar surface area (TPSA) is 544 Å². The van der Waals surface area contributed by atoms with Crippen molar-refractivity contribution in [3.05, 3.63) is 189 Å². The van der Waals surface area contributed by atoms with Crippen molar-refractivity contribution in [3.63, 3.8) is 0 Å². The number of aromatic amines is 2. The van der Waals surface area contributed by atoms with Crippen molar-refractivity contribution < 1.29 is 157 Å².